The summed E-state index contributed by atoms with van der Waals surface area (Å²) in [6.07, 6.45) is 0.0833. The van der Waals surface area contributed by atoms with Crippen LogP contribution < -0.4 is 21.1 Å². The first kappa shape index (κ1) is 17.7. The number of rotatable bonds is 8. The molecule has 1 heterocycles. The number of amides is 3. The molecule has 3 amide bonds. The van der Waals surface area contributed by atoms with Crippen molar-refractivity contribution in [3.8, 4) is 5.75 Å². The molecule has 1 unspecified atom stereocenters. The van der Waals surface area contributed by atoms with Gasteiger partial charge in [-0.1, -0.05) is 6.07 Å². The van der Waals surface area contributed by atoms with Gasteiger partial charge in [0.05, 0.1) is 19.0 Å². The molecule has 0 aliphatic heterocycles. The van der Waals surface area contributed by atoms with Crippen molar-refractivity contribution in [3.05, 3.63) is 52.5 Å². The van der Waals surface area contributed by atoms with Gasteiger partial charge in [-0.2, -0.15) is 0 Å². The van der Waals surface area contributed by atoms with Gasteiger partial charge < -0.3 is 21.1 Å². The first-order valence-electron chi connectivity index (χ1n) is 7.29. The second-order valence-corrected chi connectivity index (χ2v) is 5.91. The molecular weight excluding hydrogens is 333 g/mol. The SMILES string of the molecule is NC(=O)NC(CC(=O)NCCOc1ccc(F)cc1)c1cccs1. The molecule has 6 nitrogen and oxygen atoms in total. The highest BCUT2D eigenvalue weighted by Gasteiger charge is 2.18. The third-order valence-electron chi connectivity index (χ3n) is 3.10. The molecule has 0 spiro atoms. The van der Waals surface area contributed by atoms with Gasteiger partial charge in [-0.3, -0.25) is 4.79 Å². The van der Waals surface area contributed by atoms with E-state index in [9.17, 15) is 14.0 Å². The Morgan fingerprint density at radius 2 is 2.00 bits per heavy atom. The monoisotopic (exact) mass is 351 g/mol. The normalized spacial score (nSPS) is 11.5. The Balaban J connectivity index is 1.74. The van der Waals surface area contributed by atoms with Crippen molar-refractivity contribution in [3.63, 3.8) is 0 Å². The van der Waals surface area contributed by atoms with Crippen LogP contribution in [-0.4, -0.2) is 25.1 Å². The summed E-state index contributed by atoms with van der Waals surface area (Å²) in [4.78, 5) is 23.9. The lowest BCUT2D eigenvalue weighted by Gasteiger charge is -2.16. The second-order valence-electron chi connectivity index (χ2n) is 4.93. The highest BCUT2D eigenvalue weighted by molar-refractivity contribution is 7.10. The molecule has 1 aromatic carbocycles. The molecule has 8 heteroatoms. The average molecular weight is 351 g/mol. The van der Waals surface area contributed by atoms with Gasteiger partial charge in [0.15, 0.2) is 0 Å². The Morgan fingerprint density at radius 3 is 2.62 bits per heavy atom. The predicted octanol–water partition coefficient (Wildman–Crippen LogP) is 2.18. The third kappa shape index (κ3) is 5.88. The number of thiophene rings is 1. The average Bonchev–Trinajstić information content (AvgIpc) is 3.06. The maximum Gasteiger partial charge on any atom is 0.312 e. The summed E-state index contributed by atoms with van der Waals surface area (Å²) in [5, 5.41) is 7.12. The van der Waals surface area contributed by atoms with Crippen molar-refractivity contribution >= 4 is 23.3 Å². The Labute approximate surface area is 142 Å². The van der Waals surface area contributed by atoms with E-state index in [4.69, 9.17) is 10.5 Å². The van der Waals surface area contributed by atoms with Crippen molar-refractivity contribution < 1.29 is 18.7 Å². The van der Waals surface area contributed by atoms with Crippen LogP contribution in [0.1, 0.15) is 17.3 Å². The van der Waals surface area contributed by atoms with Crippen LogP contribution in [0.4, 0.5) is 9.18 Å². The number of primary amides is 1. The van der Waals surface area contributed by atoms with Gasteiger partial charge in [0.1, 0.15) is 18.2 Å². The van der Waals surface area contributed by atoms with Gasteiger partial charge in [0.2, 0.25) is 5.91 Å². The van der Waals surface area contributed by atoms with Crippen molar-refractivity contribution in [1.82, 2.24) is 10.6 Å². The van der Waals surface area contributed by atoms with Crippen LogP contribution in [0.3, 0.4) is 0 Å². The van der Waals surface area contributed by atoms with E-state index in [-0.39, 0.29) is 24.8 Å². The van der Waals surface area contributed by atoms with Crippen LogP contribution in [0.25, 0.3) is 0 Å². The van der Waals surface area contributed by atoms with Crippen LogP contribution in [0.5, 0.6) is 5.75 Å². The number of halogens is 1. The second kappa shape index (κ2) is 8.88. The van der Waals surface area contributed by atoms with E-state index < -0.39 is 12.1 Å². The van der Waals surface area contributed by atoms with Gasteiger partial charge in [-0.05, 0) is 35.7 Å². The van der Waals surface area contributed by atoms with Gasteiger partial charge in [-0.25, -0.2) is 9.18 Å². The number of carbonyl (C=O) groups excluding carboxylic acids is 2. The number of urea groups is 1. The topological polar surface area (TPSA) is 93.5 Å². The maximum absolute atomic E-state index is 12.8. The van der Waals surface area contributed by atoms with E-state index in [1.165, 1.54) is 35.6 Å². The lowest BCUT2D eigenvalue weighted by molar-refractivity contribution is -0.121. The largest absolute Gasteiger partial charge is 0.492 e. The first-order chi connectivity index (χ1) is 11.5. The molecule has 2 rings (SSSR count). The number of ether oxygens (including phenoxy) is 1. The van der Waals surface area contributed by atoms with E-state index in [2.05, 4.69) is 10.6 Å². The van der Waals surface area contributed by atoms with Crippen LogP contribution in [-0.2, 0) is 4.79 Å². The van der Waals surface area contributed by atoms with Gasteiger partial charge in [0.25, 0.3) is 0 Å². The van der Waals surface area contributed by atoms with E-state index in [0.29, 0.717) is 12.3 Å². The summed E-state index contributed by atoms with van der Waals surface area (Å²) < 4.78 is 18.1. The highest BCUT2D eigenvalue weighted by Crippen LogP contribution is 2.21. The number of nitrogens with one attached hydrogen (secondary N) is 2. The smallest absolute Gasteiger partial charge is 0.312 e. The standard InChI is InChI=1S/C16H18FN3O3S/c17-11-3-5-12(6-4-11)23-8-7-19-15(21)10-13(20-16(18)22)14-2-1-9-24-14/h1-6,9,13H,7-8,10H2,(H,19,21)(H3,18,20,22). The number of hydrogen-bond acceptors (Lipinski definition) is 4. The van der Waals surface area contributed by atoms with E-state index in [1.807, 2.05) is 17.5 Å². The number of carbonyl (C=O) groups is 2. The molecule has 1 aromatic heterocycles. The molecule has 1 atom stereocenters. The highest BCUT2D eigenvalue weighted by atomic mass is 32.1. The molecule has 0 saturated carbocycles. The predicted molar refractivity (Wildman–Crippen MR) is 89.3 cm³/mol. The molecule has 0 radical (unpaired) electrons. The van der Waals surface area contributed by atoms with Crippen molar-refractivity contribution in [1.29, 1.82) is 0 Å². The van der Waals surface area contributed by atoms with Crippen molar-refractivity contribution in [2.24, 2.45) is 5.73 Å². The third-order valence-corrected chi connectivity index (χ3v) is 4.09. The molecule has 0 saturated heterocycles. The fraction of sp³-hybridized carbons (Fsp3) is 0.250. The first-order valence-corrected chi connectivity index (χ1v) is 8.17. The molecule has 0 aliphatic carbocycles. The molecule has 2 aromatic rings. The lowest BCUT2D eigenvalue weighted by Crippen LogP contribution is -2.37. The Morgan fingerprint density at radius 1 is 1.25 bits per heavy atom. The molecule has 4 N–H and O–H groups in total. The fourth-order valence-corrected chi connectivity index (χ4v) is 2.81. The van der Waals surface area contributed by atoms with E-state index in [1.54, 1.807) is 0 Å². The summed E-state index contributed by atoms with van der Waals surface area (Å²) in [5.74, 6) is -0.0421. The van der Waals surface area contributed by atoms with E-state index in [0.717, 1.165) is 4.88 Å². The molecule has 0 fully saturated rings. The number of hydrogen-bond donors (Lipinski definition) is 3. The van der Waals surface area contributed by atoms with Crippen LogP contribution in [0.2, 0.25) is 0 Å². The summed E-state index contributed by atoms with van der Waals surface area (Å²) in [6.45, 7) is 0.550. The minimum atomic E-state index is -0.680. The summed E-state index contributed by atoms with van der Waals surface area (Å²) >= 11 is 1.44. The fourth-order valence-electron chi connectivity index (χ4n) is 2.03. The molecule has 0 aliphatic rings. The Hall–Kier alpha value is -2.61. The minimum Gasteiger partial charge on any atom is -0.492 e. The molecular formula is C16H18FN3O3S. The minimum absolute atomic E-state index is 0.0833. The summed E-state index contributed by atoms with van der Waals surface area (Å²) in [7, 11) is 0. The lowest BCUT2D eigenvalue weighted by atomic mass is 10.1. The maximum atomic E-state index is 12.8. The van der Waals surface area contributed by atoms with Crippen LogP contribution in [0.15, 0.2) is 41.8 Å². The summed E-state index contributed by atoms with van der Waals surface area (Å²) in [6, 6.07) is 8.16. The van der Waals surface area contributed by atoms with Crippen molar-refractivity contribution in [2.75, 3.05) is 13.2 Å². The molecule has 24 heavy (non-hydrogen) atoms. The quantitative estimate of drug-likeness (QED) is 0.636. The van der Waals surface area contributed by atoms with Crippen LogP contribution in [0, 0.1) is 5.82 Å². The Kier molecular flexibility index (Phi) is 6.56. The van der Waals surface area contributed by atoms with Gasteiger partial charge >= 0.3 is 6.03 Å². The number of nitrogens with two attached hydrogens (primary N) is 1. The Bertz CT molecular complexity index is 662. The summed E-state index contributed by atoms with van der Waals surface area (Å²) in [5.41, 5.74) is 5.15. The number of benzene rings is 1. The molecule has 0 bridgehead atoms. The zero-order valence-corrected chi connectivity index (χ0v) is 13.6. The van der Waals surface area contributed by atoms with Gasteiger partial charge in [0, 0.05) is 4.88 Å². The van der Waals surface area contributed by atoms with Crippen molar-refractivity contribution in [2.45, 2.75) is 12.5 Å². The van der Waals surface area contributed by atoms with Crippen LogP contribution >= 0.6 is 11.3 Å². The van der Waals surface area contributed by atoms with E-state index >= 15 is 0 Å². The zero-order chi connectivity index (χ0) is 17.4. The zero-order valence-electron chi connectivity index (χ0n) is 12.8. The molecule has 128 valence electrons. The van der Waals surface area contributed by atoms with Gasteiger partial charge in [-0.15, -0.1) is 11.3 Å².